The van der Waals surface area contributed by atoms with Gasteiger partial charge >= 0.3 is 18.2 Å². The van der Waals surface area contributed by atoms with Crippen molar-refractivity contribution in [3.8, 4) is 23.1 Å². The zero-order valence-corrected chi connectivity index (χ0v) is 43.8. The smallest absolute Gasteiger partial charge is 0.407 e. The van der Waals surface area contributed by atoms with Gasteiger partial charge in [0.25, 0.3) is 0 Å². The Morgan fingerprint density at radius 1 is 0.868 bits per heavy atom. The number of carbonyl (C=O) groups is 4. The molecule has 3 amide bonds. The highest BCUT2D eigenvalue weighted by atomic mass is 35.5. The van der Waals surface area contributed by atoms with Crippen LogP contribution in [0.5, 0.6) is 0 Å². The minimum Gasteiger partial charge on any atom is -0.469 e. The minimum absolute atomic E-state index is 0.0812. The molecule has 4 aromatic rings. The number of amides is 3. The molecule has 6 atom stereocenters. The number of carbonyl (C=O) groups excluding carboxylic acids is 4. The predicted molar refractivity (Wildman–Crippen MR) is 272 cm³/mol. The van der Waals surface area contributed by atoms with Crippen LogP contribution >= 0.6 is 11.6 Å². The number of ether oxygens (including phenoxy) is 2. The summed E-state index contributed by atoms with van der Waals surface area (Å²) in [5.74, 6) is 2.02. The first-order valence-corrected chi connectivity index (χ1v) is 24.9. The summed E-state index contributed by atoms with van der Waals surface area (Å²) in [5.41, 5.74) is 2.03. The maximum absolute atomic E-state index is 16.2. The molecule has 0 saturated carbocycles. The second-order valence-corrected chi connectivity index (χ2v) is 20.9. The maximum Gasteiger partial charge on any atom is 0.407 e. The van der Waals surface area contributed by atoms with Crippen LogP contribution in [0.4, 0.5) is 37.0 Å². The molecule has 15 nitrogen and oxygen atoms in total. The highest BCUT2D eigenvalue weighted by molar-refractivity contribution is 6.31. The number of hydrogen-bond donors (Lipinski definition) is 4. The van der Waals surface area contributed by atoms with Crippen LogP contribution in [0.3, 0.4) is 0 Å². The summed E-state index contributed by atoms with van der Waals surface area (Å²) in [6.45, 7) is 2.44. The number of esters is 1. The number of halogens is 7. The maximum atomic E-state index is 16.2. The van der Waals surface area contributed by atoms with Crippen LogP contribution in [0.2, 0.25) is 5.02 Å². The van der Waals surface area contributed by atoms with E-state index >= 15 is 4.39 Å². The van der Waals surface area contributed by atoms with Crippen molar-refractivity contribution in [1.82, 2.24) is 35.9 Å². The van der Waals surface area contributed by atoms with Gasteiger partial charge in [-0.05, 0) is 73.4 Å². The molecule has 4 heterocycles. The van der Waals surface area contributed by atoms with Gasteiger partial charge in [0.05, 0.1) is 64.3 Å². The lowest BCUT2D eigenvalue weighted by atomic mass is 9.77. The van der Waals surface area contributed by atoms with E-state index in [1.807, 2.05) is 4.90 Å². The van der Waals surface area contributed by atoms with Crippen molar-refractivity contribution >= 4 is 41.3 Å². The van der Waals surface area contributed by atoms with Crippen molar-refractivity contribution in [2.24, 2.45) is 16.7 Å². The van der Waals surface area contributed by atoms with Crippen LogP contribution in [-0.4, -0.2) is 139 Å². The summed E-state index contributed by atoms with van der Waals surface area (Å²) in [5, 5.41) is 18.4. The van der Waals surface area contributed by atoms with Crippen molar-refractivity contribution in [2.75, 3.05) is 58.6 Å². The lowest BCUT2D eigenvalue weighted by Crippen LogP contribution is -2.60. The average molecular weight is 1090 g/mol. The molecule has 410 valence electrons. The third-order valence-electron chi connectivity index (χ3n) is 13.8. The molecule has 2 fully saturated rings. The third kappa shape index (κ3) is 15.6. The van der Waals surface area contributed by atoms with Gasteiger partial charge in [0.15, 0.2) is 0 Å². The fourth-order valence-corrected chi connectivity index (χ4v) is 9.53. The van der Waals surface area contributed by atoms with Crippen molar-refractivity contribution in [3.05, 3.63) is 112 Å². The van der Waals surface area contributed by atoms with Gasteiger partial charge in [-0.2, -0.15) is 13.2 Å². The largest absolute Gasteiger partial charge is 0.469 e. The molecule has 2 unspecified atom stereocenters. The fourth-order valence-electron chi connectivity index (χ4n) is 9.26. The number of hydrogen-bond acceptors (Lipinski definition) is 12. The molecule has 2 bridgehead atoms. The van der Waals surface area contributed by atoms with Gasteiger partial charge in [-0.1, -0.05) is 69.3 Å². The number of methoxy groups -OCH3 is 2. The number of piperazine rings is 1. The second kappa shape index (κ2) is 25.6. The summed E-state index contributed by atoms with van der Waals surface area (Å²) in [6.07, 6.45) is -3.13. The summed E-state index contributed by atoms with van der Waals surface area (Å²) in [7, 11) is 2.18. The third-order valence-corrected chi connectivity index (χ3v) is 14.1. The molecule has 2 aliphatic heterocycles. The number of nitrogens with one attached hydrogen (secondary N) is 3. The van der Waals surface area contributed by atoms with Gasteiger partial charge < -0.3 is 30.1 Å². The Bertz CT molecular complexity index is 2670. The first-order valence-electron chi connectivity index (χ1n) is 24.5. The summed E-state index contributed by atoms with van der Waals surface area (Å²) in [4.78, 5) is 65.7. The zero-order valence-electron chi connectivity index (χ0n) is 43.0. The molecular weight excluding hydrogens is 1020 g/mol. The van der Waals surface area contributed by atoms with E-state index in [0.29, 0.717) is 59.7 Å². The molecule has 2 aromatic heterocycles. The van der Waals surface area contributed by atoms with E-state index < -0.39 is 110 Å². The number of alkyl halides is 5. The minimum atomic E-state index is -4.27. The molecule has 2 aromatic carbocycles. The van der Waals surface area contributed by atoms with E-state index in [1.165, 1.54) is 46.0 Å². The number of fused-ring (bicyclic) bond motifs is 2. The molecule has 76 heavy (non-hydrogen) atoms. The van der Waals surface area contributed by atoms with Crippen molar-refractivity contribution < 1.29 is 60.1 Å². The summed E-state index contributed by atoms with van der Waals surface area (Å²) in [6, 6.07) is 14.8. The number of pyridine rings is 2. The van der Waals surface area contributed by atoms with Crippen molar-refractivity contribution in [2.45, 2.75) is 96.4 Å². The standard InChI is InChI=1S/C54H63ClF6N8O7/c1-52(2,30-56)40(24-47(71)75-5)49(72)66-68(28-39-41(55)22-36(23-42(39)58)43-9-7-8-20-62-43)29-45(70)44(64-50(73)48(53(3,4)31-57)65-51(74)76-6)21-34-13-10-33(11-14-34)12-15-35-16-19-46(63-25-35)67-26-37-17-18-38(27-67)69(37)32-54(59,60)61/h7-11,13-14,16,19-20,22-23,25,37-38,40,44-45,48,70H,17-18,21,24,26-32H2,1-6H3,(H,64,73)(H,65,74)(H,66,72)/t37?,38?,40-,44+,45+,48-/m1/s1. The normalized spacial score (nSPS) is 17.4. The number of anilines is 1. The molecular formula is C54H63ClF6N8O7. The Morgan fingerprint density at radius 2 is 1.53 bits per heavy atom. The van der Waals surface area contributed by atoms with E-state index in [-0.39, 0.29) is 29.1 Å². The highest BCUT2D eigenvalue weighted by Crippen LogP contribution is 2.35. The van der Waals surface area contributed by atoms with Crippen LogP contribution < -0.4 is 21.0 Å². The lowest BCUT2D eigenvalue weighted by Gasteiger charge is -2.41. The Hall–Kier alpha value is -6.47. The highest BCUT2D eigenvalue weighted by Gasteiger charge is 2.46. The topological polar surface area (TPSA) is 179 Å². The van der Waals surface area contributed by atoms with Crippen LogP contribution in [0, 0.1) is 34.4 Å². The van der Waals surface area contributed by atoms with Crippen molar-refractivity contribution in [1.29, 1.82) is 0 Å². The summed E-state index contributed by atoms with van der Waals surface area (Å²) >= 11 is 6.71. The van der Waals surface area contributed by atoms with E-state index in [4.69, 9.17) is 21.1 Å². The Kier molecular flexibility index (Phi) is 19.8. The van der Waals surface area contributed by atoms with Gasteiger partial charge in [-0.25, -0.2) is 19.2 Å². The van der Waals surface area contributed by atoms with Crippen molar-refractivity contribution in [3.63, 3.8) is 0 Å². The number of hydrazine groups is 1. The Labute approximate surface area is 443 Å². The first kappa shape index (κ1) is 58.8. The molecule has 0 aliphatic carbocycles. The molecule has 2 saturated heterocycles. The molecule has 0 radical (unpaired) electrons. The average Bonchev–Trinajstić information content (AvgIpc) is 3.59. The fraction of sp³-hybridized carbons (Fsp3) is 0.481. The van der Waals surface area contributed by atoms with Gasteiger partial charge in [0, 0.05) is 88.8 Å². The van der Waals surface area contributed by atoms with E-state index in [0.717, 1.165) is 19.2 Å². The van der Waals surface area contributed by atoms with E-state index in [9.17, 15) is 46.2 Å². The lowest BCUT2D eigenvalue weighted by molar-refractivity contribution is -0.153. The molecule has 2 aliphatic rings. The monoisotopic (exact) mass is 1080 g/mol. The number of rotatable bonds is 21. The molecule has 0 spiro atoms. The van der Waals surface area contributed by atoms with Gasteiger partial charge in [0.2, 0.25) is 11.8 Å². The van der Waals surface area contributed by atoms with Gasteiger partial charge in [0.1, 0.15) is 17.7 Å². The van der Waals surface area contributed by atoms with Crippen LogP contribution in [-0.2, 0) is 36.8 Å². The number of aliphatic hydroxyl groups excluding tert-OH is 1. The van der Waals surface area contributed by atoms with Crippen LogP contribution in [0.25, 0.3) is 11.3 Å². The first-order chi connectivity index (χ1) is 35.9. The van der Waals surface area contributed by atoms with E-state index in [2.05, 4.69) is 37.9 Å². The van der Waals surface area contributed by atoms with E-state index in [1.54, 1.807) is 65.7 Å². The number of nitrogens with zero attached hydrogens (tertiary/aromatic N) is 5. The quantitative estimate of drug-likeness (QED) is 0.0283. The zero-order chi connectivity index (χ0) is 55.5. The molecule has 4 N–H and O–H groups in total. The van der Waals surface area contributed by atoms with Gasteiger partial charge in [-0.15, -0.1) is 0 Å². The Morgan fingerprint density at radius 3 is 2.09 bits per heavy atom. The summed E-state index contributed by atoms with van der Waals surface area (Å²) < 4.78 is 94.4. The second-order valence-electron chi connectivity index (χ2n) is 20.5. The van der Waals surface area contributed by atoms with Gasteiger partial charge in [-0.3, -0.25) is 38.5 Å². The number of alkyl carbamates (subject to hydrolysis) is 1. The number of aliphatic hydroxyl groups is 1. The predicted octanol–water partition coefficient (Wildman–Crippen LogP) is 7.37. The molecule has 6 rings (SSSR count). The van der Waals surface area contributed by atoms with Crippen LogP contribution in [0.15, 0.2) is 79.1 Å². The number of benzene rings is 2. The number of aromatic nitrogens is 2. The Balaban J connectivity index is 1.27. The SMILES string of the molecule is COC(=O)C[C@H](C(=O)NN(Cc1c(F)cc(-c2ccccn2)cc1Cl)C[C@H](O)[C@H](Cc1ccc(C#Cc2ccc(N3CC4CCC(C3)N4CC(F)(F)F)nc2)cc1)NC(=O)[C@@H](NC(=O)OC)C(C)(C)CF)C(C)(C)CF. The molecule has 22 heteroatoms. The van der Waals surface area contributed by atoms with Crippen LogP contribution in [0.1, 0.15) is 69.2 Å².